The summed E-state index contributed by atoms with van der Waals surface area (Å²) in [6, 6.07) is 3.80. The molecule has 0 aromatic carbocycles. The summed E-state index contributed by atoms with van der Waals surface area (Å²) in [5.74, 6) is 0.408. The van der Waals surface area contributed by atoms with Gasteiger partial charge in [0.15, 0.2) is 11.6 Å². The van der Waals surface area contributed by atoms with Gasteiger partial charge in [0.05, 0.1) is 11.1 Å². The van der Waals surface area contributed by atoms with Crippen LogP contribution in [-0.4, -0.2) is 21.0 Å². The fourth-order valence-electron chi connectivity index (χ4n) is 0.983. The molecule has 0 bridgehead atoms. The van der Waals surface area contributed by atoms with Crippen molar-refractivity contribution in [3.63, 3.8) is 0 Å². The largest absolute Gasteiger partial charge is 0.293 e. The zero-order chi connectivity index (χ0) is 9.97. The predicted octanol–water partition coefficient (Wildman–Crippen LogP) is 1.80. The first-order chi connectivity index (χ1) is 6.77. The number of carbonyl (C=O) groups excluding carboxylic acids is 1. The number of nitrogens with zero attached hydrogens (tertiary/aromatic N) is 3. The Bertz CT molecular complexity index is 453. The van der Waals surface area contributed by atoms with E-state index in [-0.39, 0.29) is 5.78 Å². The highest BCUT2D eigenvalue weighted by atomic mass is 32.1. The van der Waals surface area contributed by atoms with Gasteiger partial charge in [0.1, 0.15) is 5.69 Å². The lowest BCUT2D eigenvalue weighted by atomic mass is 10.3. The highest BCUT2D eigenvalue weighted by Crippen LogP contribution is 2.19. The van der Waals surface area contributed by atoms with Crippen LogP contribution in [0.3, 0.4) is 0 Å². The molecule has 0 aliphatic heterocycles. The van der Waals surface area contributed by atoms with Crippen molar-refractivity contribution in [3.8, 4) is 10.7 Å². The molecule has 2 heterocycles. The van der Waals surface area contributed by atoms with Crippen molar-refractivity contribution in [3.05, 3.63) is 29.4 Å². The van der Waals surface area contributed by atoms with Gasteiger partial charge in [-0.1, -0.05) is 6.07 Å². The van der Waals surface area contributed by atoms with E-state index in [1.54, 1.807) is 0 Å². The average Bonchev–Trinajstić information content (AvgIpc) is 2.71. The lowest BCUT2D eigenvalue weighted by molar-refractivity contribution is 0.101. The molecule has 2 aromatic rings. The van der Waals surface area contributed by atoms with Crippen LogP contribution in [0.1, 0.15) is 17.4 Å². The van der Waals surface area contributed by atoms with Gasteiger partial charge in [-0.05, 0) is 11.4 Å². The molecule has 4 nitrogen and oxygen atoms in total. The minimum atomic E-state index is -0.0993. The quantitative estimate of drug-likeness (QED) is 0.701. The number of hydrogen-bond donors (Lipinski definition) is 0. The molecule has 0 aliphatic rings. The van der Waals surface area contributed by atoms with Crippen LogP contribution in [-0.2, 0) is 0 Å². The Kier molecular flexibility index (Phi) is 2.32. The molecule has 2 aromatic heterocycles. The Balaban J connectivity index is 2.46. The van der Waals surface area contributed by atoms with Crippen molar-refractivity contribution in [2.24, 2.45) is 0 Å². The smallest absolute Gasteiger partial charge is 0.192 e. The van der Waals surface area contributed by atoms with E-state index in [9.17, 15) is 4.79 Å². The summed E-state index contributed by atoms with van der Waals surface area (Å²) in [6.45, 7) is 1.46. The molecule has 0 saturated carbocycles. The van der Waals surface area contributed by atoms with E-state index in [1.807, 2.05) is 17.5 Å². The maximum atomic E-state index is 11.0. The zero-order valence-corrected chi connectivity index (χ0v) is 8.28. The molecule has 0 N–H and O–H groups in total. The molecular formula is C9H7N3OS. The Morgan fingerprint density at radius 1 is 1.50 bits per heavy atom. The van der Waals surface area contributed by atoms with Gasteiger partial charge in [-0.3, -0.25) is 4.79 Å². The fourth-order valence-corrected chi connectivity index (χ4v) is 1.64. The summed E-state index contributed by atoms with van der Waals surface area (Å²) in [7, 11) is 0. The maximum absolute atomic E-state index is 11.0. The minimum absolute atomic E-state index is 0.0993. The summed E-state index contributed by atoms with van der Waals surface area (Å²) in [5.41, 5.74) is 0.350. The molecule has 0 spiro atoms. The number of Topliss-reactive ketones (excluding diaryl/α,β-unsaturated/α-hetero) is 1. The van der Waals surface area contributed by atoms with E-state index in [4.69, 9.17) is 0 Å². The summed E-state index contributed by atoms with van der Waals surface area (Å²) < 4.78 is 0. The maximum Gasteiger partial charge on any atom is 0.192 e. The standard InChI is InChI=1S/C9H7N3OS/c1-6(13)7-5-10-12-9(11-7)8-3-2-4-14-8/h2-5H,1H3. The van der Waals surface area contributed by atoms with Gasteiger partial charge in [-0.15, -0.1) is 16.4 Å². The number of rotatable bonds is 2. The Morgan fingerprint density at radius 3 is 3.00 bits per heavy atom. The second-order valence-corrected chi connectivity index (χ2v) is 3.65. The van der Waals surface area contributed by atoms with Gasteiger partial charge in [-0.2, -0.15) is 5.10 Å². The Hall–Kier alpha value is -1.62. The molecule has 0 unspecified atom stereocenters. The molecule has 14 heavy (non-hydrogen) atoms. The number of hydrogen-bond acceptors (Lipinski definition) is 5. The third-order valence-electron chi connectivity index (χ3n) is 1.66. The third kappa shape index (κ3) is 1.67. The van der Waals surface area contributed by atoms with Crippen LogP contribution in [0.5, 0.6) is 0 Å². The van der Waals surface area contributed by atoms with E-state index in [2.05, 4.69) is 15.2 Å². The molecule has 70 valence electrons. The average molecular weight is 205 g/mol. The summed E-state index contributed by atoms with van der Waals surface area (Å²) >= 11 is 1.52. The van der Waals surface area contributed by atoms with Crippen molar-refractivity contribution in [1.82, 2.24) is 15.2 Å². The van der Waals surface area contributed by atoms with Crippen LogP contribution in [0.25, 0.3) is 10.7 Å². The summed E-state index contributed by atoms with van der Waals surface area (Å²) in [5, 5.41) is 9.53. The van der Waals surface area contributed by atoms with Gasteiger partial charge in [-0.25, -0.2) is 4.98 Å². The van der Waals surface area contributed by atoms with E-state index >= 15 is 0 Å². The fraction of sp³-hybridized carbons (Fsp3) is 0.111. The highest BCUT2D eigenvalue weighted by Gasteiger charge is 2.06. The van der Waals surface area contributed by atoms with E-state index in [1.165, 1.54) is 24.5 Å². The second kappa shape index (κ2) is 3.63. The van der Waals surface area contributed by atoms with Crippen LogP contribution in [0.4, 0.5) is 0 Å². The topological polar surface area (TPSA) is 55.7 Å². The minimum Gasteiger partial charge on any atom is -0.293 e. The normalized spacial score (nSPS) is 10.1. The summed E-state index contributed by atoms with van der Waals surface area (Å²) in [4.78, 5) is 16.1. The van der Waals surface area contributed by atoms with Gasteiger partial charge in [0.25, 0.3) is 0 Å². The van der Waals surface area contributed by atoms with E-state index in [0.29, 0.717) is 11.5 Å². The van der Waals surface area contributed by atoms with Crippen LogP contribution in [0.15, 0.2) is 23.7 Å². The van der Waals surface area contributed by atoms with E-state index < -0.39 is 0 Å². The molecule has 0 aliphatic carbocycles. The second-order valence-electron chi connectivity index (χ2n) is 2.70. The molecule has 0 saturated heterocycles. The highest BCUT2D eigenvalue weighted by molar-refractivity contribution is 7.13. The molecule has 2 rings (SSSR count). The third-order valence-corrected chi connectivity index (χ3v) is 2.53. The van der Waals surface area contributed by atoms with Gasteiger partial charge >= 0.3 is 0 Å². The molecule has 0 amide bonds. The first-order valence-electron chi connectivity index (χ1n) is 4.02. The molecule has 5 heteroatoms. The molecule has 0 atom stereocenters. The molecule has 0 fully saturated rings. The predicted molar refractivity (Wildman–Crippen MR) is 53.1 cm³/mol. The van der Waals surface area contributed by atoms with Crippen molar-refractivity contribution >= 4 is 17.1 Å². The van der Waals surface area contributed by atoms with Crippen molar-refractivity contribution in [2.45, 2.75) is 6.92 Å². The molecule has 0 radical (unpaired) electrons. The van der Waals surface area contributed by atoms with Crippen molar-refractivity contribution < 1.29 is 4.79 Å². The monoisotopic (exact) mass is 205 g/mol. The van der Waals surface area contributed by atoms with Crippen molar-refractivity contribution in [1.29, 1.82) is 0 Å². The number of ketones is 1. The van der Waals surface area contributed by atoms with Gasteiger partial charge < -0.3 is 0 Å². The van der Waals surface area contributed by atoms with Crippen LogP contribution >= 0.6 is 11.3 Å². The number of carbonyl (C=O) groups is 1. The van der Waals surface area contributed by atoms with E-state index in [0.717, 1.165) is 4.88 Å². The van der Waals surface area contributed by atoms with Crippen LogP contribution in [0.2, 0.25) is 0 Å². The lowest BCUT2D eigenvalue weighted by Gasteiger charge is -1.96. The Labute approximate surface area is 84.6 Å². The summed E-state index contributed by atoms with van der Waals surface area (Å²) in [6.07, 6.45) is 1.37. The lowest BCUT2D eigenvalue weighted by Crippen LogP contribution is -2.01. The van der Waals surface area contributed by atoms with Crippen LogP contribution < -0.4 is 0 Å². The van der Waals surface area contributed by atoms with Gasteiger partial charge in [0, 0.05) is 6.92 Å². The SMILES string of the molecule is CC(=O)c1cnnc(-c2cccs2)n1. The number of thiophene rings is 1. The molecular weight excluding hydrogens is 198 g/mol. The number of aromatic nitrogens is 3. The van der Waals surface area contributed by atoms with Crippen molar-refractivity contribution in [2.75, 3.05) is 0 Å². The van der Waals surface area contributed by atoms with Crippen LogP contribution in [0, 0.1) is 0 Å². The van der Waals surface area contributed by atoms with Gasteiger partial charge in [0.2, 0.25) is 0 Å². The first-order valence-corrected chi connectivity index (χ1v) is 4.90. The zero-order valence-electron chi connectivity index (χ0n) is 7.47. The first kappa shape index (κ1) is 8.96. The Morgan fingerprint density at radius 2 is 2.36 bits per heavy atom.